The lowest BCUT2D eigenvalue weighted by molar-refractivity contribution is 0.693. The minimum atomic E-state index is 0.364. The number of rotatable bonds is 2. The SMILES string of the molecule is CCn1ccnc1C1CC1N. The van der Waals surface area contributed by atoms with Gasteiger partial charge >= 0.3 is 0 Å². The Hall–Kier alpha value is -0.830. The van der Waals surface area contributed by atoms with Gasteiger partial charge in [0.2, 0.25) is 0 Å². The first-order valence-electron chi connectivity index (χ1n) is 4.09. The average Bonchev–Trinajstić information content (AvgIpc) is 2.58. The molecular weight excluding hydrogens is 138 g/mol. The first-order chi connectivity index (χ1) is 5.33. The molecule has 0 saturated heterocycles. The molecule has 1 aromatic rings. The lowest BCUT2D eigenvalue weighted by Crippen LogP contribution is -2.06. The van der Waals surface area contributed by atoms with Crippen LogP contribution in [-0.2, 0) is 6.54 Å². The summed E-state index contributed by atoms with van der Waals surface area (Å²) in [5.74, 6) is 1.70. The van der Waals surface area contributed by atoms with Gasteiger partial charge in [0.05, 0.1) is 0 Å². The molecule has 1 fully saturated rings. The van der Waals surface area contributed by atoms with Crippen molar-refractivity contribution < 1.29 is 0 Å². The van der Waals surface area contributed by atoms with E-state index in [4.69, 9.17) is 5.73 Å². The van der Waals surface area contributed by atoms with Gasteiger partial charge in [-0.1, -0.05) is 0 Å². The Morgan fingerprint density at radius 1 is 1.82 bits per heavy atom. The van der Waals surface area contributed by atoms with Gasteiger partial charge in [0.25, 0.3) is 0 Å². The van der Waals surface area contributed by atoms with Crippen molar-refractivity contribution in [3.8, 4) is 0 Å². The Morgan fingerprint density at radius 2 is 2.55 bits per heavy atom. The first kappa shape index (κ1) is 6.85. The molecule has 0 aromatic carbocycles. The van der Waals surface area contributed by atoms with Gasteiger partial charge in [-0.25, -0.2) is 4.98 Å². The molecular formula is C8H13N3. The Morgan fingerprint density at radius 3 is 3.09 bits per heavy atom. The van der Waals surface area contributed by atoms with Crippen molar-refractivity contribution >= 4 is 0 Å². The predicted molar refractivity (Wildman–Crippen MR) is 43.2 cm³/mol. The fraction of sp³-hybridized carbons (Fsp3) is 0.625. The van der Waals surface area contributed by atoms with Crippen molar-refractivity contribution in [3.05, 3.63) is 18.2 Å². The zero-order chi connectivity index (χ0) is 7.84. The van der Waals surface area contributed by atoms with Gasteiger partial charge < -0.3 is 10.3 Å². The summed E-state index contributed by atoms with van der Waals surface area (Å²) in [7, 11) is 0. The maximum atomic E-state index is 5.73. The number of aryl methyl sites for hydroxylation is 1. The summed E-state index contributed by atoms with van der Waals surface area (Å²) >= 11 is 0. The molecule has 2 atom stereocenters. The summed E-state index contributed by atoms with van der Waals surface area (Å²) in [5, 5.41) is 0. The molecule has 0 spiro atoms. The average molecular weight is 151 g/mol. The van der Waals surface area contributed by atoms with E-state index in [1.54, 1.807) is 0 Å². The monoisotopic (exact) mass is 151 g/mol. The van der Waals surface area contributed by atoms with E-state index in [9.17, 15) is 0 Å². The molecule has 1 aliphatic rings. The largest absolute Gasteiger partial charge is 0.335 e. The van der Waals surface area contributed by atoms with E-state index in [1.807, 2.05) is 12.4 Å². The van der Waals surface area contributed by atoms with Gasteiger partial charge in [-0.15, -0.1) is 0 Å². The third-order valence-corrected chi connectivity index (χ3v) is 2.26. The maximum absolute atomic E-state index is 5.73. The summed E-state index contributed by atoms with van der Waals surface area (Å²) < 4.78 is 2.16. The van der Waals surface area contributed by atoms with Crippen LogP contribution in [0.5, 0.6) is 0 Å². The van der Waals surface area contributed by atoms with Crippen molar-refractivity contribution in [1.82, 2.24) is 9.55 Å². The Kier molecular flexibility index (Phi) is 1.46. The van der Waals surface area contributed by atoms with Crippen LogP contribution in [0.4, 0.5) is 0 Å². The molecule has 2 N–H and O–H groups in total. The molecule has 11 heavy (non-hydrogen) atoms. The number of imidazole rings is 1. The summed E-state index contributed by atoms with van der Waals surface area (Å²) in [6.07, 6.45) is 4.97. The molecule has 0 amide bonds. The van der Waals surface area contributed by atoms with Crippen LogP contribution in [0, 0.1) is 0 Å². The van der Waals surface area contributed by atoms with Gasteiger partial charge in [-0.05, 0) is 13.3 Å². The third-order valence-electron chi connectivity index (χ3n) is 2.26. The minimum absolute atomic E-state index is 0.364. The van der Waals surface area contributed by atoms with E-state index in [2.05, 4.69) is 16.5 Å². The molecule has 0 aliphatic heterocycles. The molecule has 1 aromatic heterocycles. The fourth-order valence-corrected chi connectivity index (χ4v) is 1.43. The highest BCUT2D eigenvalue weighted by Gasteiger charge is 2.37. The standard InChI is InChI=1S/C8H13N3/c1-2-11-4-3-10-8(11)6-5-7(6)9/h3-4,6-7H,2,5,9H2,1H3. The Labute approximate surface area is 66.2 Å². The van der Waals surface area contributed by atoms with Crippen LogP contribution in [0.25, 0.3) is 0 Å². The minimum Gasteiger partial charge on any atom is -0.335 e. The molecule has 2 rings (SSSR count). The van der Waals surface area contributed by atoms with Crippen molar-refractivity contribution in [2.75, 3.05) is 0 Å². The van der Waals surface area contributed by atoms with Gasteiger partial charge in [-0.3, -0.25) is 0 Å². The summed E-state index contributed by atoms with van der Waals surface area (Å²) in [6.45, 7) is 3.12. The molecule has 2 unspecified atom stereocenters. The predicted octanol–water partition coefficient (Wildman–Crippen LogP) is 0.718. The van der Waals surface area contributed by atoms with Gasteiger partial charge in [0.1, 0.15) is 5.82 Å². The molecule has 1 heterocycles. The summed E-state index contributed by atoms with van der Waals surface area (Å²) in [4.78, 5) is 4.28. The van der Waals surface area contributed by atoms with Gasteiger partial charge in [-0.2, -0.15) is 0 Å². The number of nitrogens with zero attached hydrogens (tertiary/aromatic N) is 2. The lowest BCUT2D eigenvalue weighted by Gasteiger charge is -2.01. The maximum Gasteiger partial charge on any atom is 0.113 e. The molecule has 60 valence electrons. The van der Waals surface area contributed by atoms with Crippen molar-refractivity contribution in [3.63, 3.8) is 0 Å². The quantitative estimate of drug-likeness (QED) is 0.676. The lowest BCUT2D eigenvalue weighted by atomic mass is 10.4. The van der Waals surface area contributed by atoms with Gasteiger partial charge in [0.15, 0.2) is 0 Å². The van der Waals surface area contributed by atoms with E-state index >= 15 is 0 Å². The fourth-order valence-electron chi connectivity index (χ4n) is 1.43. The molecule has 3 nitrogen and oxygen atoms in total. The second-order valence-corrected chi connectivity index (χ2v) is 3.08. The van der Waals surface area contributed by atoms with E-state index in [0.29, 0.717) is 12.0 Å². The highest BCUT2D eigenvalue weighted by atomic mass is 15.1. The van der Waals surface area contributed by atoms with Gasteiger partial charge in [0, 0.05) is 30.9 Å². The highest BCUT2D eigenvalue weighted by Crippen LogP contribution is 2.37. The van der Waals surface area contributed by atoms with Crippen molar-refractivity contribution in [2.45, 2.75) is 31.8 Å². The van der Waals surface area contributed by atoms with Crippen LogP contribution < -0.4 is 5.73 Å². The van der Waals surface area contributed by atoms with E-state index in [0.717, 1.165) is 13.0 Å². The van der Waals surface area contributed by atoms with Crippen LogP contribution in [0.15, 0.2) is 12.4 Å². The zero-order valence-electron chi connectivity index (χ0n) is 6.70. The number of hydrogen-bond donors (Lipinski definition) is 1. The topological polar surface area (TPSA) is 43.8 Å². The second-order valence-electron chi connectivity index (χ2n) is 3.08. The van der Waals surface area contributed by atoms with E-state index in [-0.39, 0.29) is 0 Å². The molecule has 3 heteroatoms. The zero-order valence-corrected chi connectivity index (χ0v) is 6.70. The Balaban J connectivity index is 2.23. The van der Waals surface area contributed by atoms with Crippen molar-refractivity contribution in [1.29, 1.82) is 0 Å². The third kappa shape index (κ3) is 1.05. The summed E-state index contributed by atoms with van der Waals surface area (Å²) in [6, 6.07) is 0.364. The number of nitrogens with two attached hydrogens (primary N) is 1. The van der Waals surface area contributed by atoms with Crippen LogP contribution >= 0.6 is 0 Å². The van der Waals surface area contributed by atoms with Crippen LogP contribution in [0.1, 0.15) is 25.1 Å². The van der Waals surface area contributed by atoms with Crippen LogP contribution in [0.3, 0.4) is 0 Å². The molecule has 0 bridgehead atoms. The Bertz CT molecular complexity index is 254. The highest BCUT2D eigenvalue weighted by molar-refractivity contribution is 5.14. The van der Waals surface area contributed by atoms with Crippen LogP contribution in [0.2, 0.25) is 0 Å². The van der Waals surface area contributed by atoms with E-state index in [1.165, 1.54) is 5.82 Å². The molecule has 1 aliphatic carbocycles. The molecule has 1 saturated carbocycles. The molecule has 0 radical (unpaired) electrons. The summed E-state index contributed by atoms with van der Waals surface area (Å²) in [5.41, 5.74) is 5.73. The smallest absolute Gasteiger partial charge is 0.113 e. The normalized spacial score (nSPS) is 28.9. The second kappa shape index (κ2) is 2.34. The van der Waals surface area contributed by atoms with Crippen molar-refractivity contribution in [2.24, 2.45) is 5.73 Å². The number of hydrogen-bond acceptors (Lipinski definition) is 2. The number of aromatic nitrogens is 2. The van der Waals surface area contributed by atoms with Crippen LogP contribution in [-0.4, -0.2) is 15.6 Å². The first-order valence-corrected chi connectivity index (χ1v) is 4.09. The van der Waals surface area contributed by atoms with E-state index < -0.39 is 0 Å².